The topological polar surface area (TPSA) is 21.3 Å². The Morgan fingerprint density at radius 1 is 0.893 bits per heavy atom. The van der Waals surface area contributed by atoms with Gasteiger partial charge >= 0.3 is 0 Å². The van der Waals surface area contributed by atoms with Gasteiger partial charge < -0.3 is 10.1 Å². The molecule has 3 aromatic rings. The van der Waals surface area contributed by atoms with Crippen LogP contribution in [0, 0.1) is 12.8 Å². The van der Waals surface area contributed by atoms with E-state index in [9.17, 15) is 0 Å². The van der Waals surface area contributed by atoms with Gasteiger partial charge in [0.25, 0.3) is 0 Å². The van der Waals surface area contributed by atoms with Gasteiger partial charge in [0.05, 0.1) is 11.7 Å². The number of benzene rings is 3. The van der Waals surface area contributed by atoms with Crippen LogP contribution >= 0.6 is 0 Å². The lowest BCUT2D eigenvalue weighted by Gasteiger charge is -2.38. The Hall–Kier alpha value is -3.00. The van der Waals surface area contributed by atoms with Gasteiger partial charge in [0.2, 0.25) is 0 Å². The minimum absolute atomic E-state index is 0.301. The summed E-state index contributed by atoms with van der Waals surface area (Å²) in [5.41, 5.74) is 6.43. The third-order valence-electron chi connectivity index (χ3n) is 6.12. The van der Waals surface area contributed by atoms with Crippen LogP contribution in [0.5, 0.6) is 5.75 Å². The Morgan fingerprint density at radius 2 is 1.68 bits per heavy atom. The predicted molar refractivity (Wildman–Crippen MR) is 115 cm³/mol. The molecule has 140 valence electrons. The summed E-state index contributed by atoms with van der Waals surface area (Å²) in [6.45, 7) is 2.79. The molecule has 2 aliphatic rings. The summed E-state index contributed by atoms with van der Waals surface area (Å²) in [7, 11) is 0. The van der Waals surface area contributed by atoms with E-state index in [1.54, 1.807) is 0 Å². The molecule has 1 aliphatic carbocycles. The number of nitrogens with one attached hydrogen (secondary N) is 1. The van der Waals surface area contributed by atoms with Crippen LogP contribution in [-0.2, 0) is 6.61 Å². The van der Waals surface area contributed by atoms with Crippen molar-refractivity contribution in [2.24, 2.45) is 5.92 Å². The average Bonchev–Trinajstić information content (AvgIpc) is 3.23. The van der Waals surface area contributed by atoms with Crippen molar-refractivity contribution in [3.8, 4) is 5.75 Å². The zero-order valence-corrected chi connectivity index (χ0v) is 16.1. The van der Waals surface area contributed by atoms with Gasteiger partial charge in [-0.25, -0.2) is 0 Å². The second-order valence-corrected chi connectivity index (χ2v) is 7.83. The minimum Gasteiger partial charge on any atom is -0.487 e. The second-order valence-electron chi connectivity index (χ2n) is 7.83. The van der Waals surface area contributed by atoms with Crippen molar-refractivity contribution in [2.45, 2.75) is 31.9 Å². The molecule has 1 heterocycles. The molecule has 3 atom stereocenters. The Morgan fingerprint density at radius 3 is 2.54 bits per heavy atom. The second kappa shape index (κ2) is 7.20. The molecule has 0 saturated heterocycles. The fourth-order valence-corrected chi connectivity index (χ4v) is 4.69. The van der Waals surface area contributed by atoms with Gasteiger partial charge in [0.15, 0.2) is 0 Å². The van der Waals surface area contributed by atoms with E-state index in [1.807, 2.05) is 6.07 Å². The minimum atomic E-state index is 0.301. The number of fused-ring (bicyclic) bond motifs is 3. The lowest BCUT2D eigenvalue weighted by Crippen LogP contribution is -2.29. The Labute approximate surface area is 166 Å². The van der Waals surface area contributed by atoms with Gasteiger partial charge in [-0.2, -0.15) is 0 Å². The summed E-state index contributed by atoms with van der Waals surface area (Å²) in [5.74, 6) is 1.94. The van der Waals surface area contributed by atoms with E-state index in [2.05, 4.69) is 91.1 Å². The number of para-hydroxylation sites is 1. The van der Waals surface area contributed by atoms with Gasteiger partial charge in [-0.1, -0.05) is 78.9 Å². The number of rotatable bonds is 4. The van der Waals surface area contributed by atoms with Gasteiger partial charge in [-0.05, 0) is 47.6 Å². The van der Waals surface area contributed by atoms with Gasteiger partial charge in [0.1, 0.15) is 12.4 Å². The molecule has 28 heavy (non-hydrogen) atoms. The molecule has 2 heteroatoms. The first-order valence-electron chi connectivity index (χ1n) is 10.1. The smallest absolute Gasteiger partial charge is 0.143 e. The molecule has 1 N–H and O–H groups in total. The molecular formula is C26H25NO. The maximum atomic E-state index is 6.27. The predicted octanol–water partition coefficient (Wildman–Crippen LogP) is 6.40. The van der Waals surface area contributed by atoms with E-state index in [0.717, 1.165) is 17.9 Å². The molecule has 0 aromatic heterocycles. The van der Waals surface area contributed by atoms with Crippen LogP contribution in [0.15, 0.2) is 84.9 Å². The highest BCUT2D eigenvalue weighted by Gasteiger charge is 2.39. The first kappa shape index (κ1) is 17.1. The molecule has 0 amide bonds. The summed E-state index contributed by atoms with van der Waals surface area (Å²) in [6.07, 6.45) is 5.84. The van der Waals surface area contributed by atoms with Crippen molar-refractivity contribution < 1.29 is 4.74 Å². The molecule has 0 radical (unpaired) electrons. The third-order valence-corrected chi connectivity index (χ3v) is 6.12. The van der Waals surface area contributed by atoms with Crippen molar-refractivity contribution in [2.75, 3.05) is 5.32 Å². The van der Waals surface area contributed by atoms with Crippen molar-refractivity contribution in [3.63, 3.8) is 0 Å². The number of hydrogen-bond acceptors (Lipinski definition) is 2. The van der Waals surface area contributed by atoms with Crippen LogP contribution in [-0.4, -0.2) is 0 Å². The fraction of sp³-hybridized carbons (Fsp3) is 0.231. The molecule has 3 unspecified atom stereocenters. The van der Waals surface area contributed by atoms with Crippen LogP contribution in [0.25, 0.3) is 0 Å². The highest BCUT2D eigenvalue weighted by molar-refractivity contribution is 5.68. The van der Waals surface area contributed by atoms with E-state index in [1.165, 1.54) is 22.3 Å². The first-order valence-corrected chi connectivity index (χ1v) is 10.1. The number of aryl methyl sites for hydroxylation is 1. The monoisotopic (exact) mass is 367 g/mol. The van der Waals surface area contributed by atoms with Crippen LogP contribution in [0.4, 0.5) is 5.69 Å². The third kappa shape index (κ3) is 2.99. The Balaban J connectivity index is 1.51. The lowest BCUT2D eigenvalue weighted by atomic mass is 9.76. The highest BCUT2D eigenvalue weighted by Crippen LogP contribution is 2.52. The Bertz CT molecular complexity index is 1010. The number of anilines is 1. The summed E-state index contributed by atoms with van der Waals surface area (Å²) in [6, 6.07) is 25.9. The SMILES string of the molecule is Cc1ccccc1C1Nc2c(OCc3ccccc3)cccc2C2C=CCC21. The maximum Gasteiger partial charge on any atom is 0.143 e. The van der Waals surface area contributed by atoms with Gasteiger partial charge in [-0.3, -0.25) is 0 Å². The van der Waals surface area contributed by atoms with Crippen LogP contribution < -0.4 is 10.1 Å². The summed E-state index contributed by atoms with van der Waals surface area (Å²) < 4.78 is 6.27. The molecule has 0 fully saturated rings. The fourth-order valence-electron chi connectivity index (χ4n) is 4.69. The molecule has 2 nitrogen and oxygen atoms in total. The zero-order valence-electron chi connectivity index (χ0n) is 16.1. The molecule has 3 aromatic carbocycles. The number of ether oxygens (including phenoxy) is 1. The molecule has 0 spiro atoms. The maximum absolute atomic E-state index is 6.27. The number of allylic oxidation sites excluding steroid dienone is 2. The Kier molecular flexibility index (Phi) is 4.40. The van der Waals surface area contributed by atoms with E-state index in [4.69, 9.17) is 4.74 Å². The summed E-state index contributed by atoms with van der Waals surface area (Å²) in [5, 5.41) is 3.87. The lowest BCUT2D eigenvalue weighted by molar-refractivity contribution is 0.304. The quantitative estimate of drug-likeness (QED) is 0.539. The summed E-state index contributed by atoms with van der Waals surface area (Å²) in [4.78, 5) is 0. The van der Waals surface area contributed by atoms with Gasteiger partial charge in [0, 0.05) is 5.92 Å². The summed E-state index contributed by atoms with van der Waals surface area (Å²) >= 11 is 0. The van der Waals surface area contributed by atoms with Crippen LogP contribution in [0.3, 0.4) is 0 Å². The molecular weight excluding hydrogens is 342 g/mol. The van der Waals surface area contributed by atoms with Crippen LogP contribution in [0.2, 0.25) is 0 Å². The van der Waals surface area contributed by atoms with E-state index >= 15 is 0 Å². The molecule has 0 saturated carbocycles. The van der Waals surface area contributed by atoms with Crippen LogP contribution in [0.1, 0.15) is 40.6 Å². The van der Waals surface area contributed by atoms with E-state index < -0.39 is 0 Å². The average molecular weight is 367 g/mol. The largest absolute Gasteiger partial charge is 0.487 e. The standard InChI is InChI=1S/C26H25NO/c1-18-9-5-6-12-20(18)25-22-14-7-13-21(22)23-15-8-16-24(26(23)27-25)28-17-19-10-3-2-4-11-19/h2-13,15-16,21-22,25,27H,14,17H2,1H3. The van der Waals surface area contributed by atoms with E-state index in [0.29, 0.717) is 24.5 Å². The van der Waals surface area contributed by atoms with Gasteiger partial charge in [-0.15, -0.1) is 0 Å². The van der Waals surface area contributed by atoms with Crippen molar-refractivity contribution in [3.05, 3.63) is 107 Å². The molecule has 5 rings (SSSR count). The van der Waals surface area contributed by atoms with E-state index in [-0.39, 0.29) is 0 Å². The highest BCUT2D eigenvalue weighted by atomic mass is 16.5. The number of hydrogen-bond donors (Lipinski definition) is 1. The first-order chi connectivity index (χ1) is 13.8. The normalized spacial score (nSPS) is 22.2. The molecule has 0 bridgehead atoms. The van der Waals surface area contributed by atoms with Crippen molar-refractivity contribution >= 4 is 5.69 Å². The molecule has 1 aliphatic heterocycles. The van der Waals surface area contributed by atoms with Crippen molar-refractivity contribution in [1.29, 1.82) is 0 Å². The van der Waals surface area contributed by atoms with Crippen molar-refractivity contribution in [1.82, 2.24) is 0 Å². The zero-order chi connectivity index (χ0) is 18.9.